The first-order valence-corrected chi connectivity index (χ1v) is 7.56. The van der Waals surface area contributed by atoms with E-state index in [1.165, 1.54) is 64.5 Å². The molecule has 0 aromatic heterocycles. The van der Waals surface area contributed by atoms with E-state index in [-0.39, 0.29) is 5.54 Å². The molecule has 0 radical (unpaired) electrons. The molecular formula is C14H27N3. The molecule has 0 aromatic rings. The van der Waals surface area contributed by atoms with Crippen molar-refractivity contribution in [3.8, 4) is 0 Å². The van der Waals surface area contributed by atoms with Crippen molar-refractivity contribution in [2.45, 2.75) is 69.0 Å². The van der Waals surface area contributed by atoms with Crippen LogP contribution >= 0.6 is 0 Å². The summed E-state index contributed by atoms with van der Waals surface area (Å²) in [6.45, 7) is 3.39. The lowest BCUT2D eigenvalue weighted by Gasteiger charge is -2.42. The smallest absolute Gasteiger partial charge is 0.0475 e. The van der Waals surface area contributed by atoms with Gasteiger partial charge in [-0.15, -0.1) is 0 Å². The summed E-state index contributed by atoms with van der Waals surface area (Å²) in [5.74, 6) is 0. The highest BCUT2D eigenvalue weighted by Gasteiger charge is 2.47. The van der Waals surface area contributed by atoms with Crippen LogP contribution in [0.15, 0.2) is 0 Å². The zero-order chi connectivity index (χ0) is 11.7. The van der Waals surface area contributed by atoms with E-state index in [2.05, 4.69) is 10.2 Å². The Morgan fingerprint density at radius 2 is 1.82 bits per heavy atom. The number of nitrogens with zero attached hydrogens (tertiary/aromatic N) is 1. The predicted octanol–water partition coefficient (Wildman–Crippen LogP) is 1.47. The molecule has 0 spiro atoms. The predicted molar refractivity (Wildman–Crippen MR) is 71.0 cm³/mol. The molecule has 98 valence electrons. The van der Waals surface area contributed by atoms with Gasteiger partial charge >= 0.3 is 0 Å². The Labute approximate surface area is 105 Å². The first-order valence-electron chi connectivity index (χ1n) is 7.56. The summed E-state index contributed by atoms with van der Waals surface area (Å²) in [4.78, 5) is 2.69. The van der Waals surface area contributed by atoms with Crippen molar-refractivity contribution in [1.29, 1.82) is 0 Å². The minimum atomic E-state index is 0.245. The van der Waals surface area contributed by atoms with Gasteiger partial charge in [0, 0.05) is 30.7 Å². The second kappa shape index (κ2) is 4.87. The molecule has 2 heterocycles. The summed E-state index contributed by atoms with van der Waals surface area (Å²) >= 11 is 0. The van der Waals surface area contributed by atoms with Crippen LogP contribution in [-0.2, 0) is 0 Å². The van der Waals surface area contributed by atoms with Gasteiger partial charge in [-0.05, 0) is 38.6 Å². The molecule has 2 atom stereocenters. The molecule has 2 unspecified atom stereocenters. The van der Waals surface area contributed by atoms with E-state index in [1.54, 1.807) is 0 Å². The lowest BCUT2D eigenvalue weighted by molar-refractivity contribution is 0.132. The molecule has 17 heavy (non-hydrogen) atoms. The van der Waals surface area contributed by atoms with Crippen LogP contribution in [-0.4, -0.2) is 42.2 Å². The molecule has 3 N–H and O–H groups in total. The van der Waals surface area contributed by atoms with Crippen molar-refractivity contribution < 1.29 is 0 Å². The van der Waals surface area contributed by atoms with Gasteiger partial charge in [0.25, 0.3) is 0 Å². The highest BCUT2D eigenvalue weighted by molar-refractivity contribution is 5.08. The molecule has 0 bridgehead atoms. The summed E-state index contributed by atoms with van der Waals surface area (Å²) in [5.41, 5.74) is 6.41. The van der Waals surface area contributed by atoms with Gasteiger partial charge in [-0.2, -0.15) is 0 Å². The largest absolute Gasteiger partial charge is 0.329 e. The summed E-state index contributed by atoms with van der Waals surface area (Å²) < 4.78 is 0. The molecule has 3 fully saturated rings. The molecule has 2 saturated heterocycles. The average Bonchev–Trinajstić information content (AvgIpc) is 2.99. The van der Waals surface area contributed by atoms with E-state index in [1.807, 2.05) is 0 Å². The van der Waals surface area contributed by atoms with Crippen LogP contribution in [0.25, 0.3) is 0 Å². The maximum Gasteiger partial charge on any atom is 0.0475 e. The molecule has 0 amide bonds. The first-order chi connectivity index (χ1) is 8.34. The fraction of sp³-hybridized carbons (Fsp3) is 1.00. The van der Waals surface area contributed by atoms with Crippen LogP contribution in [0.5, 0.6) is 0 Å². The molecule has 3 nitrogen and oxygen atoms in total. The van der Waals surface area contributed by atoms with E-state index >= 15 is 0 Å². The Kier molecular flexibility index (Phi) is 3.42. The Hall–Kier alpha value is -0.120. The molecule has 3 heteroatoms. The third-order valence-electron chi connectivity index (χ3n) is 5.31. The van der Waals surface area contributed by atoms with E-state index < -0.39 is 0 Å². The van der Waals surface area contributed by atoms with E-state index in [9.17, 15) is 0 Å². The summed E-state index contributed by atoms with van der Waals surface area (Å²) in [6.07, 6.45) is 11.0. The summed E-state index contributed by atoms with van der Waals surface area (Å²) in [5, 5.41) is 3.97. The summed E-state index contributed by atoms with van der Waals surface area (Å²) in [6, 6.07) is 1.47. The van der Waals surface area contributed by atoms with Crippen LogP contribution < -0.4 is 11.1 Å². The highest BCUT2D eigenvalue weighted by atomic mass is 15.3. The number of nitrogens with one attached hydrogen (secondary N) is 1. The quantitative estimate of drug-likeness (QED) is 0.781. The van der Waals surface area contributed by atoms with Gasteiger partial charge in [0.05, 0.1) is 0 Å². The van der Waals surface area contributed by atoms with Crippen LogP contribution in [0.4, 0.5) is 0 Å². The second-order valence-electron chi connectivity index (χ2n) is 6.28. The van der Waals surface area contributed by atoms with Gasteiger partial charge in [-0.3, -0.25) is 4.90 Å². The number of nitrogens with two attached hydrogens (primary N) is 1. The third kappa shape index (κ3) is 2.13. The Morgan fingerprint density at radius 3 is 2.59 bits per heavy atom. The normalized spacial score (nSPS) is 39.7. The van der Waals surface area contributed by atoms with E-state index in [0.717, 1.165) is 18.6 Å². The number of hydrogen-bond donors (Lipinski definition) is 2. The van der Waals surface area contributed by atoms with Gasteiger partial charge < -0.3 is 11.1 Å². The molecule has 2 aliphatic heterocycles. The number of hydrogen-bond acceptors (Lipinski definition) is 3. The Morgan fingerprint density at radius 1 is 1.06 bits per heavy atom. The number of fused-ring (bicyclic) bond motifs is 1. The maximum absolute atomic E-state index is 6.16. The second-order valence-corrected chi connectivity index (χ2v) is 6.28. The van der Waals surface area contributed by atoms with Crippen molar-refractivity contribution in [1.82, 2.24) is 10.2 Å². The first kappa shape index (κ1) is 11.9. The van der Waals surface area contributed by atoms with Crippen LogP contribution in [0, 0.1) is 0 Å². The maximum atomic E-state index is 6.16. The standard InChI is InChI=1S/C14H27N3/c15-11-14(16-12-5-1-2-6-12)8-10-17-9-4-3-7-13(14)17/h12-13,16H,1-11,15H2. The molecule has 3 aliphatic rings. The minimum Gasteiger partial charge on any atom is -0.329 e. The van der Waals surface area contributed by atoms with Crippen LogP contribution in [0.1, 0.15) is 51.4 Å². The van der Waals surface area contributed by atoms with E-state index in [4.69, 9.17) is 5.73 Å². The molecule has 0 aromatic carbocycles. The van der Waals surface area contributed by atoms with Gasteiger partial charge in [0.2, 0.25) is 0 Å². The zero-order valence-electron chi connectivity index (χ0n) is 11.0. The van der Waals surface area contributed by atoms with Crippen molar-refractivity contribution in [3.63, 3.8) is 0 Å². The van der Waals surface area contributed by atoms with Crippen molar-refractivity contribution in [2.75, 3.05) is 19.6 Å². The van der Waals surface area contributed by atoms with Crippen molar-refractivity contribution in [2.24, 2.45) is 5.73 Å². The van der Waals surface area contributed by atoms with E-state index in [0.29, 0.717) is 0 Å². The van der Waals surface area contributed by atoms with Crippen molar-refractivity contribution in [3.05, 3.63) is 0 Å². The van der Waals surface area contributed by atoms with Crippen LogP contribution in [0.3, 0.4) is 0 Å². The summed E-state index contributed by atoms with van der Waals surface area (Å²) in [7, 11) is 0. The number of piperidine rings is 1. The van der Waals surface area contributed by atoms with Gasteiger partial charge in [0.15, 0.2) is 0 Å². The number of rotatable bonds is 3. The Bertz CT molecular complexity index is 262. The lowest BCUT2D eigenvalue weighted by Crippen LogP contribution is -2.62. The zero-order valence-corrected chi connectivity index (χ0v) is 11.0. The van der Waals surface area contributed by atoms with Crippen LogP contribution in [0.2, 0.25) is 0 Å². The monoisotopic (exact) mass is 237 g/mol. The SMILES string of the molecule is NCC1(NC2CCCC2)CCN2CCCCC21. The van der Waals surface area contributed by atoms with Gasteiger partial charge in [-0.25, -0.2) is 0 Å². The molecular weight excluding hydrogens is 210 g/mol. The van der Waals surface area contributed by atoms with Gasteiger partial charge in [-0.1, -0.05) is 19.3 Å². The average molecular weight is 237 g/mol. The van der Waals surface area contributed by atoms with Crippen molar-refractivity contribution >= 4 is 0 Å². The van der Waals surface area contributed by atoms with Gasteiger partial charge in [0.1, 0.15) is 0 Å². The molecule has 3 rings (SSSR count). The topological polar surface area (TPSA) is 41.3 Å². The lowest BCUT2D eigenvalue weighted by atomic mass is 9.84. The minimum absolute atomic E-state index is 0.245. The Balaban J connectivity index is 1.71. The fourth-order valence-electron chi connectivity index (χ4n) is 4.34. The highest BCUT2D eigenvalue weighted by Crippen LogP contribution is 2.36. The fourth-order valence-corrected chi connectivity index (χ4v) is 4.34. The third-order valence-corrected chi connectivity index (χ3v) is 5.31. The molecule has 1 aliphatic carbocycles. The molecule has 1 saturated carbocycles.